The van der Waals surface area contributed by atoms with Gasteiger partial charge in [0.05, 0.1) is 30.1 Å². The Morgan fingerprint density at radius 2 is 2.00 bits per heavy atom. The van der Waals surface area contributed by atoms with E-state index in [2.05, 4.69) is 10.1 Å². The van der Waals surface area contributed by atoms with Crippen LogP contribution in [0.3, 0.4) is 0 Å². The molecule has 21 heavy (non-hydrogen) atoms. The van der Waals surface area contributed by atoms with Gasteiger partial charge in [0, 0.05) is 6.07 Å². The maximum Gasteiger partial charge on any atom is 0.277 e. The SMILES string of the molecule is Cc1cc(Cn2c(=O)c3cncn3c3ccccc32)no1. The molecule has 3 aromatic heterocycles. The molecule has 0 saturated carbocycles. The molecule has 0 aliphatic rings. The van der Waals surface area contributed by atoms with Crippen LogP contribution in [0.25, 0.3) is 16.6 Å². The van der Waals surface area contributed by atoms with Gasteiger partial charge >= 0.3 is 0 Å². The molecule has 0 N–H and O–H groups in total. The lowest BCUT2D eigenvalue weighted by atomic mass is 10.2. The molecule has 0 amide bonds. The molecule has 4 rings (SSSR count). The first-order valence-corrected chi connectivity index (χ1v) is 6.60. The zero-order chi connectivity index (χ0) is 14.4. The molecular formula is C15H12N4O2. The van der Waals surface area contributed by atoms with Gasteiger partial charge < -0.3 is 4.52 Å². The number of para-hydroxylation sites is 2. The second-order valence-corrected chi connectivity index (χ2v) is 4.96. The van der Waals surface area contributed by atoms with E-state index in [0.717, 1.165) is 22.5 Å². The molecule has 0 spiro atoms. The fourth-order valence-corrected chi connectivity index (χ4v) is 2.60. The van der Waals surface area contributed by atoms with Crippen LogP contribution in [-0.2, 0) is 6.54 Å². The molecule has 4 aromatic rings. The molecule has 0 aliphatic carbocycles. The van der Waals surface area contributed by atoms with Gasteiger partial charge in [0.15, 0.2) is 0 Å². The Labute approximate surface area is 119 Å². The van der Waals surface area contributed by atoms with Crippen LogP contribution in [0, 0.1) is 6.92 Å². The van der Waals surface area contributed by atoms with Crippen molar-refractivity contribution in [1.82, 2.24) is 19.1 Å². The van der Waals surface area contributed by atoms with E-state index in [1.165, 1.54) is 0 Å². The largest absolute Gasteiger partial charge is 0.361 e. The first-order chi connectivity index (χ1) is 10.2. The summed E-state index contributed by atoms with van der Waals surface area (Å²) in [5, 5.41) is 3.97. The van der Waals surface area contributed by atoms with Crippen molar-refractivity contribution in [3.8, 4) is 0 Å². The van der Waals surface area contributed by atoms with Crippen LogP contribution in [0.1, 0.15) is 11.5 Å². The topological polar surface area (TPSA) is 65.3 Å². The van der Waals surface area contributed by atoms with Crippen LogP contribution in [-0.4, -0.2) is 19.1 Å². The Bertz CT molecular complexity index is 1010. The minimum Gasteiger partial charge on any atom is -0.361 e. The summed E-state index contributed by atoms with van der Waals surface area (Å²) < 4.78 is 8.58. The van der Waals surface area contributed by atoms with Crippen molar-refractivity contribution in [2.24, 2.45) is 0 Å². The van der Waals surface area contributed by atoms with Gasteiger partial charge in [-0.25, -0.2) is 4.98 Å². The van der Waals surface area contributed by atoms with Crippen molar-refractivity contribution in [1.29, 1.82) is 0 Å². The summed E-state index contributed by atoms with van der Waals surface area (Å²) in [4.78, 5) is 16.7. The number of rotatable bonds is 2. The van der Waals surface area contributed by atoms with Crippen LogP contribution in [0.5, 0.6) is 0 Å². The predicted molar refractivity (Wildman–Crippen MR) is 77.3 cm³/mol. The summed E-state index contributed by atoms with van der Waals surface area (Å²) in [5.41, 5.74) is 2.96. The van der Waals surface area contributed by atoms with Crippen molar-refractivity contribution in [2.75, 3.05) is 0 Å². The van der Waals surface area contributed by atoms with E-state index in [4.69, 9.17) is 4.52 Å². The number of benzene rings is 1. The monoisotopic (exact) mass is 280 g/mol. The van der Waals surface area contributed by atoms with Crippen LogP contribution in [0.15, 0.2) is 52.2 Å². The number of aryl methyl sites for hydroxylation is 1. The van der Waals surface area contributed by atoms with Gasteiger partial charge in [0.1, 0.15) is 17.0 Å². The zero-order valence-corrected chi connectivity index (χ0v) is 11.4. The first-order valence-electron chi connectivity index (χ1n) is 6.60. The number of aromatic nitrogens is 4. The van der Waals surface area contributed by atoms with E-state index in [9.17, 15) is 4.79 Å². The maximum atomic E-state index is 12.7. The molecule has 0 bridgehead atoms. The van der Waals surface area contributed by atoms with E-state index in [1.807, 2.05) is 41.7 Å². The van der Waals surface area contributed by atoms with Gasteiger partial charge in [-0.05, 0) is 19.1 Å². The van der Waals surface area contributed by atoms with Crippen LogP contribution in [0.2, 0.25) is 0 Å². The number of imidazole rings is 1. The van der Waals surface area contributed by atoms with Gasteiger partial charge in [-0.2, -0.15) is 0 Å². The summed E-state index contributed by atoms with van der Waals surface area (Å²) in [6, 6.07) is 9.57. The lowest BCUT2D eigenvalue weighted by Crippen LogP contribution is -2.23. The number of nitrogens with zero attached hydrogens (tertiary/aromatic N) is 4. The fraction of sp³-hybridized carbons (Fsp3) is 0.133. The molecule has 0 unspecified atom stereocenters. The Hall–Kier alpha value is -2.89. The molecule has 6 nitrogen and oxygen atoms in total. The van der Waals surface area contributed by atoms with E-state index in [-0.39, 0.29) is 5.56 Å². The van der Waals surface area contributed by atoms with Gasteiger partial charge in [-0.15, -0.1) is 0 Å². The van der Waals surface area contributed by atoms with Crippen molar-refractivity contribution in [3.05, 3.63) is 64.7 Å². The molecule has 3 heterocycles. The highest BCUT2D eigenvalue weighted by atomic mass is 16.5. The Balaban J connectivity index is 2.05. The lowest BCUT2D eigenvalue weighted by molar-refractivity contribution is 0.389. The lowest BCUT2D eigenvalue weighted by Gasteiger charge is -2.10. The summed E-state index contributed by atoms with van der Waals surface area (Å²) >= 11 is 0. The standard InChI is InChI=1S/C15H12N4O2/c1-10-6-11(17-21-10)8-18-12-4-2-3-5-13(12)19-9-16-7-14(19)15(18)20/h2-7,9H,8H2,1H3. The number of hydrogen-bond donors (Lipinski definition) is 0. The molecule has 0 aliphatic heterocycles. The minimum atomic E-state index is -0.0909. The van der Waals surface area contributed by atoms with Gasteiger partial charge in [-0.3, -0.25) is 13.8 Å². The van der Waals surface area contributed by atoms with Crippen molar-refractivity contribution in [3.63, 3.8) is 0 Å². The third-order valence-electron chi connectivity index (χ3n) is 3.53. The smallest absolute Gasteiger partial charge is 0.277 e. The Morgan fingerprint density at radius 3 is 2.76 bits per heavy atom. The first kappa shape index (κ1) is 11.9. The molecule has 0 saturated heterocycles. The van der Waals surface area contributed by atoms with Gasteiger partial charge in [0.2, 0.25) is 0 Å². The van der Waals surface area contributed by atoms with E-state index in [1.54, 1.807) is 17.1 Å². The highest BCUT2D eigenvalue weighted by Crippen LogP contribution is 2.15. The second-order valence-electron chi connectivity index (χ2n) is 4.96. The summed E-state index contributed by atoms with van der Waals surface area (Å²) in [5.74, 6) is 0.729. The third kappa shape index (κ3) is 1.76. The number of hydrogen-bond acceptors (Lipinski definition) is 4. The molecule has 0 radical (unpaired) electrons. The van der Waals surface area contributed by atoms with Gasteiger partial charge in [0.25, 0.3) is 5.56 Å². The van der Waals surface area contributed by atoms with E-state index < -0.39 is 0 Å². The van der Waals surface area contributed by atoms with E-state index >= 15 is 0 Å². The molecule has 1 aromatic carbocycles. The fourth-order valence-electron chi connectivity index (χ4n) is 2.60. The van der Waals surface area contributed by atoms with Crippen LogP contribution < -0.4 is 5.56 Å². The third-order valence-corrected chi connectivity index (χ3v) is 3.53. The summed E-state index contributed by atoms with van der Waals surface area (Å²) in [7, 11) is 0. The predicted octanol–water partition coefficient (Wildman–Crippen LogP) is 1.99. The normalized spacial score (nSPS) is 11.5. The average molecular weight is 280 g/mol. The highest BCUT2D eigenvalue weighted by Gasteiger charge is 2.12. The minimum absolute atomic E-state index is 0.0909. The van der Waals surface area contributed by atoms with Crippen molar-refractivity contribution >= 4 is 16.6 Å². The molecule has 0 atom stereocenters. The van der Waals surface area contributed by atoms with Crippen LogP contribution in [0.4, 0.5) is 0 Å². The van der Waals surface area contributed by atoms with Crippen molar-refractivity contribution in [2.45, 2.75) is 13.5 Å². The maximum absolute atomic E-state index is 12.7. The average Bonchev–Trinajstić information content (AvgIpc) is 3.12. The van der Waals surface area contributed by atoms with Crippen LogP contribution >= 0.6 is 0 Å². The highest BCUT2D eigenvalue weighted by molar-refractivity contribution is 5.78. The Morgan fingerprint density at radius 1 is 1.19 bits per heavy atom. The molecule has 6 heteroatoms. The van der Waals surface area contributed by atoms with E-state index in [0.29, 0.717) is 12.1 Å². The molecule has 104 valence electrons. The van der Waals surface area contributed by atoms with Gasteiger partial charge in [-0.1, -0.05) is 17.3 Å². The molecule has 0 fully saturated rings. The second kappa shape index (κ2) is 4.31. The summed E-state index contributed by atoms with van der Waals surface area (Å²) in [6.07, 6.45) is 3.24. The Kier molecular flexibility index (Phi) is 2.44. The summed E-state index contributed by atoms with van der Waals surface area (Å²) in [6.45, 7) is 2.20. The zero-order valence-electron chi connectivity index (χ0n) is 11.4. The quantitative estimate of drug-likeness (QED) is 0.563. The van der Waals surface area contributed by atoms with Crippen molar-refractivity contribution < 1.29 is 4.52 Å². The molecular weight excluding hydrogens is 268 g/mol. The number of fused-ring (bicyclic) bond motifs is 3.